The Morgan fingerprint density at radius 1 is 1.23 bits per heavy atom. The van der Waals surface area contributed by atoms with E-state index in [1.807, 2.05) is 44.0 Å². The smallest absolute Gasteiger partial charge is 0.337 e. The maximum atomic E-state index is 11.6. The number of halogens is 1. The first kappa shape index (κ1) is 19.8. The zero-order chi connectivity index (χ0) is 19.3. The molecule has 26 heavy (non-hydrogen) atoms. The van der Waals surface area contributed by atoms with E-state index in [4.69, 9.17) is 16.3 Å². The fourth-order valence-electron chi connectivity index (χ4n) is 2.34. The van der Waals surface area contributed by atoms with E-state index in [9.17, 15) is 4.79 Å². The minimum atomic E-state index is -0.349. The lowest BCUT2D eigenvalue weighted by molar-refractivity contribution is 0.0600. The molecule has 2 aromatic carbocycles. The van der Waals surface area contributed by atoms with Crippen molar-refractivity contribution >= 4 is 41.0 Å². The maximum absolute atomic E-state index is 11.6. The van der Waals surface area contributed by atoms with Gasteiger partial charge in [-0.15, -0.1) is 0 Å². The standard InChI is InChI=1S/C20H24ClN3O2/c1-6-24(4)12-22-19-10-14(3)18(11-16(19)21)23-17-8-7-15(9-13(17)2)20(25)26-5/h7-12,23H,6H2,1-5H3. The molecule has 138 valence electrons. The van der Waals surface area contributed by atoms with Gasteiger partial charge in [-0.2, -0.15) is 0 Å². The van der Waals surface area contributed by atoms with Crippen LogP contribution in [0.2, 0.25) is 5.02 Å². The molecule has 2 aromatic rings. The second-order valence-corrected chi connectivity index (χ2v) is 6.49. The monoisotopic (exact) mass is 373 g/mol. The number of nitrogens with one attached hydrogen (secondary N) is 1. The Hall–Kier alpha value is -2.53. The van der Waals surface area contributed by atoms with E-state index in [-0.39, 0.29) is 5.97 Å². The summed E-state index contributed by atoms with van der Waals surface area (Å²) in [5.41, 5.74) is 5.01. The molecule has 0 aliphatic carbocycles. The number of anilines is 2. The molecular formula is C20H24ClN3O2. The highest BCUT2D eigenvalue weighted by Gasteiger charge is 2.10. The van der Waals surface area contributed by atoms with Gasteiger partial charge in [0.1, 0.15) is 0 Å². The SMILES string of the molecule is CCN(C)C=Nc1cc(C)c(Nc2ccc(C(=O)OC)cc2C)cc1Cl. The third-order valence-electron chi connectivity index (χ3n) is 4.10. The number of rotatable bonds is 6. The van der Waals surface area contributed by atoms with Crippen LogP contribution in [0.4, 0.5) is 17.1 Å². The summed E-state index contributed by atoms with van der Waals surface area (Å²) in [6, 6.07) is 9.20. The average molecular weight is 374 g/mol. The van der Waals surface area contributed by atoms with E-state index in [0.717, 1.165) is 34.7 Å². The first-order valence-corrected chi connectivity index (χ1v) is 8.74. The van der Waals surface area contributed by atoms with Crippen LogP contribution in [0.15, 0.2) is 35.3 Å². The van der Waals surface area contributed by atoms with Crippen molar-refractivity contribution in [1.29, 1.82) is 0 Å². The van der Waals surface area contributed by atoms with Crippen LogP contribution in [-0.4, -0.2) is 37.9 Å². The van der Waals surface area contributed by atoms with Gasteiger partial charge in [-0.3, -0.25) is 0 Å². The lowest BCUT2D eigenvalue weighted by Gasteiger charge is -2.15. The number of hydrogen-bond acceptors (Lipinski definition) is 4. The minimum Gasteiger partial charge on any atom is -0.465 e. The first-order valence-electron chi connectivity index (χ1n) is 8.36. The topological polar surface area (TPSA) is 53.9 Å². The molecule has 0 spiro atoms. The van der Waals surface area contributed by atoms with Gasteiger partial charge in [0.2, 0.25) is 0 Å². The Balaban J connectivity index is 2.26. The number of hydrogen-bond donors (Lipinski definition) is 1. The number of carbonyl (C=O) groups excluding carboxylic acids is 1. The molecule has 0 saturated carbocycles. The summed E-state index contributed by atoms with van der Waals surface area (Å²) in [4.78, 5) is 18.0. The summed E-state index contributed by atoms with van der Waals surface area (Å²) < 4.78 is 4.75. The zero-order valence-electron chi connectivity index (χ0n) is 15.8. The van der Waals surface area contributed by atoms with Crippen LogP contribution in [0.25, 0.3) is 0 Å². The van der Waals surface area contributed by atoms with Gasteiger partial charge in [0, 0.05) is 25.0 Å². The Labute approximate surface area is 159 Å². The number of nitrogens with zero attached hydrogens (tertiary/aromatic N) is 2. The third kappa shape index (κ3) is 4.76. The van der Waals surface area contributed by atoms with Crippen LogP contribution in [-0.2, 0) is 4.74 Å². The fraction of sp³-hybridized carbons (Fsp3) is 0.300. The van der Waals surface area contributed by atoms with Crippen LogP contribution in [0.3, 0.4) is 0 Å². The van der Waals surface area contributed by atoms with Crippen molar-refractivity contribution in [2.45, 2.75) is 20.8 Å². The molecule has 0 aromatic heterocycles. The lowest BCUT2D eigenvalue weighted by atomic mass is 10.1. The van der Waals surface area contributed by atoms with Crippen molar-refractivity contribution < 1.29 is 9.53 Å². The van der Waals surface area contributed by atoms with Gasteiger partial charge < -0.3 is 15.0 Å². The van der Waals surface area contributed by atoms with Gasteiger partial charge in [-0.1, -0.05) is 11.6 Å². The molecule has 0 saturated heterocycles. The van der Waals surface area contributed by atoms with Crippen molar-refractivity contribution in [3.63, 3.8) is 0 Å². The number of esters is 1. The Morgan fingerprint density at radius 2 is 1.92 bits per heavy atom. The highest BCUT2D eigenvalue weighted by Crippen LogP contribution is 2.33. The molecule has 2 rings (SSSR count). The largest absolute Gasteiger partial charge is 0.465 e. The summed E-state index contributed by atoms with van der Waals surface area (Å²) >= 11 is 6.39. The predicted molar refractivity (Wildman–Crippen MR) is 108 cm³/mol. The summed E-state index contributed by atoms with van der Waals surface area (Å²) in [6.45, 7) is 6.87. The summed E-state index contributed by atoms with van der Waals surface area (Å²) in [5.74, 6) is -0.349. The molecule has 0 aliphatic rings. The van der Waals surface area contributed by atoms with Crippen molar-refractivity contribution in [3.8, 4) is 0 Å². The highest BCUT2D eigenvalue weighted by molar-refractivity contribution is 6.33. The highest BCUT2D eigenvalue weighted by atomic mass is 35.5. The van der Waals surface area contributed by atoms with Gasteiger partial charge >= 0.3 is 5.97 Å². The molecule has 0 unspecified atom stereocenters. The van der Waals surface area contributed by atoms with Crippen LogP contribution < -0.4 is 5.32 Å². The van der Waals surface area contributed by atoms with Gasteiger partial charge in [0.25, 0.3) is 0 Å². The summed E-state index contributed by atoms with van der Waals surface area (Å²) in [5, 5.41) is 3.94. The molecule has 0 bridgehead atoms. The van der Waals surface area contributed by atoms with Crippen molar-refractivity contribution in [3.05, 3.63) is 52.0 Å². The molecule has 0 heterocycles. The number of aliphatic imine (C=N–C) groups is 1. The minimum absolute atomic E-state index is 0.349. The van der Waals surface area contributed by atoms with Crippen molar-refractivity contribution in [2.75, 3.05) is 26.0 Å². The number of methoxy groups -OCH3 is 1. The number of carbonyl (C=O) groups is 1. The molecule has 0 aliphatic heterocycles. The van der Waals surface area contributed by atoms with Crippen molar-refractivity contribution in [1.82, 2.24) is 4.90 Å². The Kier molecular flexibility index (Phi) is 6.64. The van der Waals surface area contributed by atoms with Crippen LogP contribution in [0.5, 0.6) is 0 Å². The molecule has 0 amide bonds. The fourth-order valence-corrected chi connectivity index (χ4v) is 2.55. The number of ether oxygens (including phenoxy) is 1. The molecule has 5 nitrogen and oxygen atoms in total. The van der Waals surface area contributed by atoms with Gasteiger partial charge in [-0.25, -0.2) is 9.79 Å². The molecule has 0 fully saturated rings. The van der Waals surface area contributed by atoms with Crippen molar-refractivity contribution in [2.24, 2.45) is 4.99 Å². The van der Waals surface area contributed by atoms with Gasteiger partial charge in [0.15, 0.2) is 0 Å². The third-order valence-corrected chi connectivity index (χ3v) is 4.41. The van der Waals surface area contributed by atoms with Crippen LogP contribution >= 0.6 is 11.6 Å². The quantitative estimate of drug-likeness (QED) is 0.435. The number of aryl methyl sites for hydroxylation is 2. The number of benzene rings is 2. The molecule has 6 heteroatoms. The first-order chi connectivity index (χ1) is 12.3. The Morgan fingerprint density at radius 3 is 2.54 bits per heavy atom. The van der Waals surface area contributed by atoms with Crippen LogP contribution in [0.1, 0.15) is 28.4 Å². The van der Waals surface area contributed by atoms with E-state index in [0.29, 0.717) is 10.6 Å². The van der Waals surface area contributed by atoms with Gasteiger partial charge in [0.05, 0.1) is 29.7 Å². The Bertz CT molecular complexity index is 834. The second kappa shape index (κ2) is 8.72. The van der Waals surface area contributed by atoms with Gasteiger partial charge in [-0.05, 0) is 62.2 Å². The van der Waals surface area contributed by atoms with E-state index in [1.54, 1.807) is 18.5 Å². The lowest BCUT2D eigenvalue weighted by Crippen LogP contribution is -2.14. The maximum Gasteiger partial charge on any atom is 0.337 e. The van der Waals surface area contributed by atoms with E-state index >= 15 is 0 Å². The van der Waals surface area contributed by atoms with E-state index in [1.165, 1.54) is 7.11 Å². The van der Waals surface area contributed by atoms with Crippen LogP contribution in [0, 0.1) is 13.8 Å². The summed E-state index contributed by atoms with van der Waals surface area (Å²) in [6.07, 6.45) is 1.77. The van der Waals surface area contributed by atoms with E-state index < -0.39 is 0 Å². The normalized spacial score (nSPS) is 10.8. The second-order valence-electron chi connectivity index (χ2n) is 6.08. The van der Waals surface area contributed by atoms with E-state index in [2.05, 4.69) is 17.2 Å². The molecular weight excluding hydrogens is 350 g/mol. The zero-order valence-corrected chi connectivity index (χ0v) is 16.5. The molecule has 0 atom stereocenters. The predicted octanol–water partition coefficient (Wildman–Crippen LogP) is 5.10. The summed E-state index contributed by atoms with van der Waals surface area (Å²) in [7, 11) is 3.33. The molecule has 0 radical (unpaired) electrons. The molecule has 1 N–H and O–H groups in total. The average Bonchev–Trinajstić information content (AvgIpc) is 2.63.